The fraction of sp³-hybridized carbons (Fsp3) is 0.123. The maximum Gasteiger partial charge on any atom is 0.0464 e. The minimum atomic E-state index is 1.01. The maximum atomic E-state index is 2.46. The molecule has 300 valence electrons. The highest BCUT2D eigenvalue weighted by Gasteiger charge is 2.21. The molecule has 0 spiro atoms. The molecule has 0 saturated carbocycles. The predicted molar refractivity (Wildman–Crippen MR) is 260 cm³/mol. The van der Waals surface area contributed by atoms with Gasteiger partial charge < -0.3 is 19.6 Å². The minimum Gasteiger partial charge on any atom is -0.315 e. The van der Waals surface area contributed by atoms with E-state index in [4.69, 9.17) is 0 Å². The molecule has 0 radical (unpaired) electrons. The van der Waals surface area contributed by atoms with Crippen molar-refractivity contribution in [3.05, 3.63) is 240 Å². The number of aryl methyl sites for hydroxylation is 2. The van der Waals surface area contributed by atoms with Gasteiger partial charge in [-0.2, -0.15) is 0 Å². The van der Waals surface area contributed by atoms with Crippen LogP contribution in [0, 0.1) is 13.8 Å². The van der Waals surface area contributed by atoms with Gasteiger partial charge in [-0.3, -0.25) is 0 Å². The summed E-state index contributed by atoms with van der Waals surface area (Å²) in [6, 6.07) is 65.7. The molecule has 0 atom stereocenters. The molecule has 0 amide bonds. The van der Waals surface area contributed by atoms with Crippen LogP contribution in [0.3, 0.4) is 0 Å². The van der Waals surface area contributed by atoms with Crippen LogP contribution in [0.5, 0.6) is 0 Å². The normalized spacial score (nSPS) is 13.5. The molecule has 0 aromatic heterocycles. The quantitative estimate of drug-likeness (QED) is 0.122. The topological polar surface area (TPSA) is 13.0 Å². The molecule has 0 fully saturated rings. The van der Waals surface area contributed by atoms with Crippen LogP contribution in [0.4, 0.5) is 56.9 Å². The van der Waals surface area contributed by atoms with E-state index >= 15 is 0 Å². The average Bonchev–Trinajstić information content (AvgIpc) is 3.30. The highest BCUT2D eigenvalue weighted by molar-refractivity contribution is 5.84. The van der Waals surface area contributed by atoms with Crippen molar-refractivity contribution in [3.63, 3.8) is 0 Å². The van der Waals surface area contributed by atoms with Crippen LogP contribution in [-0.4, -0.2) is 0 Å². The van der Waals surface area contributed by atoms with Crippen LogP contribution in [0.1, 0.15) is 43.7 Å². The summed E-state index contributed by atoms with van der Waals surface area (Å²) < 4.78 is 0. The summed E-state index contributed by atoms with van der Waals surface area (Å²) in [5.74, 6) is 0. The number of nitrogens with zero attached hydrogens (tertiary/aromatic N) is 4. The van der Waals surface area contributed by atoms with E-state index in [2.05, 4.69) is 253 Å². The molecule has 2 aliphatic carbocycles. The summed E-state index contributed by atoms with van der Waals surface area (Å²) in [4.78, 5) is 9.48. The molecule has 0 N–H and O–H groups in total. The molecule has 0 aliphatic heterocycles. The lowest BCUT2D eigenvalue weighted by atomic mass is 10.0. The monoisotopic (exact) mass is 792 g/mol. The molecule has 0 saturated heterocycles. The first-order chi connectivity index (χ1) is 30.0. The van der Waals surface area contributed by atoms with Gasteiger partial charge in [0.05, 0.1) is 0 Å². The highest BCUT2D eigenvalue weighted by atomic mass is 15.2. The summed E-state index contributed by atoms with van der Waals surface area (Å²) in [6.45, 7) is 6.51. The molecule has 0 bridgehead atoms. The lowest BCUT2D eigenvalue weighted by Gasteiger charge is -2.32. The number of anilines is 10. The van der Waals surface area contributed by atoms with E-state index < -0.39 is 0 Å². The summed E-state index contributed by atoms with van der Waals surface area (Å²) in [5.41, 5.74) is 17.4. The second-order valence-electron chi connectivity index (χ2n) is 16.0. The first kappa shape index (κ1) is 39.2. The zero-order chi connectivity index (χ0) is 41.5. The third-order valence-corrected chi connectivity index (χ3v) is 11.4. The molecule has 4 heteroatoms. The van der Waals surface area contributed by atoms with Crippen LogP contribution in [0.15, 0.2) is 229 Å². The first-order valence-electron chi connectivity index (χ1n) is 21.5. The standard InChI is InChI=1S/C57H52N4/c1-43-16-13-25-55(40-43)59(46-19-7-4-8-20-46)52-34-28-49(29-35-52)58(50-30-36-53(37-31-50)60(47-21-9-5-10-22-47)56-26-14-17-44(2)41-56)51-32-38-54(39-33-51)61(48-23-11-6-12-24-48)57-27-15-18-45(3)42-57/h4-5,7-11,13-14,16-26,28-42H,6,12,15,27H2,1-3H3. The van der Waals surface area contributed by atoms with E-state index in [1.807, 2.05) is 0 Å². The predicted octanol–water partition coefficient (Wildman–Crippen LogP) is 16.4. The van der Waals surface area contributed by atoms with Crippen LogP contribution in [0.2, 0.25) is 0 Å². The molecule has 7 aromatic rings. The van der Waals surface area contributed by atoms with E-state index in [0.29, 0.717) is 0 Å². The number of rotatable bonds is 12. The third-order valence-electron chi connectivity index (χ3n) is 11.4. The Bertz CT molecular complexity index is 2580. The molecule has 0 heterocycles. The number of hydrogen-bond donors (Lipinski definition) is 0. The van der Waals surface area contributed by atoms with Crippen molar-refractivity contribution in [1.29, 1.82) is 0 Å². The SMILES string of the molecule is CC1=CCCC(N(C2=CCCC=C2)c2ccc(N(c3ccc(N(c4ccccc4)c4cccc(C)c4)cc3)c3ccc(N(c4ccccc4)c4cccc(C)c4)cc3)cc2)=C1. The average molecular weight is 793 g/mol. The van der Waals surface area contributed by atoms with Crippen LogP contribution in [0.25, 0.3) is 0 Å². The van der Waals surface area contributed by atoms with E-state index in [1.165, 1.54) is 33.8 Å². The Morgan fingerprint density at radius 2 is 0.738 bits per heavy atom. The van der Waals surface area contributed by atoms with E-state index in [-0.39, 0.29) is 0 Å². The number of para-hydroxylation sites is 2. The lowest BCUT2D eigenvalue weighted by Crippen LogP contribution is -2.23. The van der Waals surface area contributed by atoms with Crippen LogP contribution < -0.4 is 19.6 Å². The molecular weight excluding hydrogens is 741 g/mol. The van der Waals surface area contributed by atoms with Gasteiger partial charge in [0.2, 0.25) is 0 Å². The van der Waals surface area contributed by atoms with Crippen LogP contribution in [-0.2, 0) is 0 Å². The van der Waals surface area contributed by atoms with Gasteiger partial charge in [0, 0.05) is 68.3 Å². The number of benzene rings is 7. The summed E-state index contributed by atoms with van der Waals surface area (Å²) >= 11 is 0. The van der Waals surface area contributed by atoms with E-state index in [0.717, 1.165) is 76.9 Å². The summed E-state index contributed by atoms with van der Waals surface area (Å²) in [5, 5.41) is 0. The Morgan fingerprint density at radius 1 is 0.344 bits per heavy atom. The van der Waals surface area contributed by atoms with Crippen molar-refractivity contribution in [2.45, 2.75) is 46.5 Å². The second-order valence-corrected chi connectivity index (χ2v) is 16.0. The van der Waals surface area contributed by atoms with Gasteiger partial charge >= 0.3 is 0 Å². The van der Waals surface area contributed by atoms with Crippen LogP contribution >= 0.6 is 0 Å². The molecule has 9 rings (SSSR count). The second kappa shape index (κ2) is 17.9. The lowest BCUT2D eigenvalue weighted by molar-refractivity contribution is 0.877. The van der Waals surface area contributed by atoms with Gasteiger partial charge in [0.1, 0.15) is 0 Å². The Kier molecular flexibility index (Phi) is 11.5. The van der Waals surface area contributed by atoms with Gasteiger partial charge in [-0.05, 0) is 191 Å². The van der Waals surface area contributed by atoms with Gasteiger partial charge in [0.15, 0.2) is 0 Å². The van der Waals surface area contributed by atoms with Crippen molar-refractivity contribution in [3.8, 4) is 0 Å². The zero-order valence-corrected chi connectivity index (χ0v) is 35.3. The van der Waals surface area contributed by atoms with Gasteiger partial charge in [-0.25, -0.2) is 0 Å². The fourth-order valence-corrected chi connectivity index (χ4v) is 8.55. The fourth-order valence-electron chi connectivity index (χ4n) is 8.55. The molecule has 7 aromatic carbocycles. The summed E-state index contributed by atoms with van der Waals surface area (Å²) in [7, 11) is 0. The first-order valence-corrected chi connectivity index (χ1v) is 21.5. The maximum absolute atomic E-state index is 2.46. The third kappa shape index (κ3) is 8.71. The van der Waals surface area contributed by atoms with E-state index in [1.54, 1.807) is 0 Å². The molecule has 4 nitrogen and oxygen atoms in total. The van der Waals surface area contributed by atoms with Gasteiger partial charge in [-0.15, -0.1) is 0 Å². The zero-order valence-electron chi connectivity index (χ0n) is 35.3. The largest absolute Gasteiger partial charge is 0.315 e. The Labute approximate surface area is 362 Å². The molecule has 61 heavy (non-hydrogen) atoms. The van der Waals surface area contributed by atoms with Crippen molar-refractivity contribution in [2.24, 2.45) is 0 Å². The highest BCUT2D eigenvalue weighted by Crippen LogP contribution is 2.42. The van der Waals surface area contributed by atoms with Crippen molar-refractivity contribution < 1.29 is 0 Å². The van der Waals surface area contributed by atoms with E-state index in [9.17, 15) is 0 Å². The molecule has 0 unspecified atom stereocenters. The van der Waals surface area contributed by atoms with Gasteiger partial charge in [0.25, 0.3) is 0 Å². The summed E-state index contributed by atoms with van der Waals surface area (Å²) in [6.07, 6.45) is 15.9. The molecular formula is C57H52N4. The Morgan fingerprint density at radius 3 is 1.13 bits per heavy atom. The Hall–Kier alpha value is -7.30. The number of hydrogen-bond acceptors (Lipinski definition) is 4. The van der Waals surface area contributed by atoms with Crippen molar-refractivity contribution in [2.75, 3.05) is 19.6 Å². The van der Waals surface area contributed by atoms with Gasteiger partial charge in [-0.1, -0.05) is 84.5 Å². The smallest absolute Gasteiger partial charge is 0.0464 e. The van der Waals surface area contributed by atoms with Crippen molar-refractivity contribution >= 4 is 56.9 Å². The van der Waals surface area contributed by atoms with Crippen molar-refractivity contribution in [1.82, 2.24) is 0 Å². The minimum absolute atomic E-state index is 1.01. The number of allylic oxidation sites excluding steroid dienone is 7. The molecule has 2 aliphatic rings. The Balaban J connectivity index is 1.13.